The van der Waals surface area contributed by atoms with Crippen LogP contribution in [0.25, 0.3) is 17.0 Å². The van der Waals surface area contributed by atoms with Gasteiger partial charge in [-0.1, -0.05) is 38.8 Å². The van der Waals surface area contributed by atoms with Gasteiger partial charge in [-0.3, -0.25) is 14.5 Å². The molecule has 4 rings (SSSR count). The summed E-state index contributed by atoms with van der Waals surface area (Å²) >= 11 is 6.03. The first-order valence-electron chi connectivity index (χ1n) is 11.8. The predicted molar refractivity (Wildman–Crippen MR) is 133 cm³/mol. The number of nitrogens with zero attached hydrogens (tertiary/aromatic N) is 4. The van der Waals surface area contributed by atoms with Crippen LogP contribution in [0, 0.1) is 19.8 Å². The average molecular weight is 493 g/mol. The van der Waals surface area contributed by atoms with Crippen LogP contribution in [-0.2, 0) is 16.0 Å². The third-order valence-electron chi connectivity index (χ3n) is 5.81. The average Bonchev–Trinajstić information content (AvgIpc) is 3.21. The molecule has 0 fully saturated rings. The maximum absolute atomic E-state index is 13.8. The van der Waals surface area contributed by atoms with Gasteiger partial charge in [-0.2, -0.15) is 9.67 Å². The molecule has 0 N–H and O–H groups in total. The molecule has 3 aromatic rings. The number of aryl methyl sites for hydroxylation is 3. The molecule has 0 saturated carbocycles. The molecule has 0 bridgehead atoms. The Labute approximate surface area is 210 Å². The van der Waals surface area contributed by atoms with Crippen molar-refractivity contribution >= 4 is 34.7 Å². The van der Waals surface area contributed by atoms with E-state index in [1.807, 2.05) is 40.7 Å². The van der Waals surface area contributed by atoms with E-state index in [2.05, 4.69) is 5.10 Å². The molecule has 0 spiro atoms. The lowest BCUT2D eigenvalue weighted by molar-refractivity contribution is -0.577. The highest BCUT2D eigenvalue weighted by molar-refractivity contribution is 6.45. The minimum absolute atomic E-state index is 0.0753. The van der Waals surface area contributed by atoms with Crippen molar-refractivity contribution < 1.29 is 19.3 Å². The van der Waals surface area contributed by atoms with E-state index in [0.29, 0.717) is 22.8 Å². The van der Waals surface area contributed by atoms with Crippen LogP contribution in [0.3, 0.4) is 0 Å². The second-order valence-corrected chi connectivity index (χ2v) is 9.84. The van der Waals surface area contributed by atoms with E-state index in [4.69, 9.17) is 11.6 Å². The highest BCUT2D eigenvalue weighted by Gasteiger charge is 2.46. The third-order valence-corrected chi connectivity index (χ3v) is 6.07. The van der Waals surface area contributed by atoms with E-state index in [1.165, 1.54) is 9.58 Å². The van der Waals surface area contributed by atoms with Crippen LogP contribution in [-0.4, -0.2) is 33.0 Å². The van der Waals surface area contributed by atoms with E-state index in [0.717, 1.165) is 17.5 Å². The monoisotopic (exact) mass is 492 g/mol. The Morgan fingerprint density at radius 1 is 1.06 bits per heavy atom. The van der Waals surface area contributed by atoms with E-state index in [-0.39, 0.29) is 29.3 Å². The highest BCUT2D eigenvalue weighted by atomic mass is 35.5. The lowest BCUT2D eigenvalue weighted by Crippen LogP contribution is -2.41. The molecule has 2 amide bonds. The molecular formula is C27H29ClN4O3. The van der Waals surface area contributed by atoms with Gasteiger partial charge in [-0.25, -0.2) is 4.68 Å². The van der Waals surface area contributed by atoms with Crippen LogP contribution in [0.4, 0.5) is 0 Å². The zero-order chi connectivity index (χ0) is 25.4. The van der Waals surface area contributed by atoms with E-state index in [1.54, 1.807) is 41.2 Å². The van der Waals surface area contributed by atoms with Crippen LogP contribution in [0.2, 0.25) is 5.02 Å². The number of amides is 2. The minimum atomic E-state index is -0.463. The molecule has 0 saturated heterocycles. The first kappa shape index (κ1) is 24.7. The summed E-state index contributed by atoms with van der Waals surface area (Å²) in [5, 5.41) is 18.9. The van der Waals surface area contributed by atoms with Crippen molar-refractivity contribution in [2.75, 3.05) is 6.54 Å². The molecule has 1 aromatic carbocycles. The number of halogens is 1. The number of hydrogen-bond acceptors (Lipinski definition) is 4. The Balaban J connectivity index is 2.01. The molecule has 8 heteroatoms. The fraction of sp³-hybridized carbons (Fsp3) is 0.333. The Bertz CT molecular complexity index is 1320. The number of benzene rings is 1. The summed E-state index contributed by atoms with van der Waals surface area (Å²) in [4.78, 5) is 28.6. The molecular weight excluding hydrogens is 464 g/mol. The second-order valence-electron chi connectivity index (χ2n) is 9.40. The highest BCUT2D eigenvalue weighted by Crippen LogP contribution is 2.37. The number of pyridine rings is 1. The molecule has 0 radical (unpaired) electrons. The van der Waals surface area contributed by atoms with Gasteiger partial charge in [0.05, 0.1) is 11.4 Å². The van der Waals surface area contributed by atoms with E-state index in [9.17, 15) is 14.7 Å². The molecule has 1 aliphatic heterocycles. The molecule has 3 heterocycles. The van der Waals surface area contributed by atoms with Gasteiger partial charge in [0.1, 0.15) is 5.57 Å². The van der Waals surface area contributed by atoms with Gasteiger partial charge >= 0.3 is 5.91 Å². The summed E-state index contributed by atoms with van der Waals surface area (Å²) in [6, 6.07) is 8.77. The van der Waals surface area contributed by atoms with Gasteiger partial charge in [0, 0.05) is 28.3 Å². The van der Waals surface area contributed by atoms with Crippen LogP contribution in [0.5, 0.6) is 5.88 Å². The van der Waals surface area contributed by atoms with Crippen molar-refractivity contribution in [3.8, 4) is 11.6 Å². The van der Waals surface area contributed by atoms with Crippen molar-refractivity contribution in [1.82, 2.24) is 14.7 Å². The topological polar surface area (TPSA) is 82.1 Å². The van der Waals surface area contributed by atoms with Crippen molar-refractivity contribution in [2.24, 2.45) is 5.92 Å². The van der Waals surface area contributed by atoms with Gasteiger partial charge in [0.15, 0.2) is 12.4 Å². The van der Waals surface area contributed by atoms with Gasteiger partial charge in [0.25, 0.3) is 11.6 Å². The Hall–Kier alpha value is -3.45. The number of imide groups is 1. The molecule has 2 aromatic heterocycles. The zero-order valence-electron chi connectivity index (χ0n) is 20.6. The fourth-order valence-electron chi connectivity index (χ4n) is 4.46. The number of carbonyl (C=O) groups is 2. The molecule has 0 aliphatic carbocycles. The normalized spacial score (nSPS) is 14.1. The fourth-order valence-corrected chi connectivity index (χ4v) is 4.59. The summed E-state index contributed by atoms with van der Waals surface area (Å²) in [5.74, 6) is -1.22. The molecule has 35 heavy (non-hydrogen) atoms. The minimum Gasteiger partial charge on any atom is -0.858 e. The molecule has 0 unspecified atom stereocenters. The summed E-state index contributed by atoms with van der Waals surface area (Å²) in [6.45, 7) is 9.99. The van der Waals surface area contributed by atoms with Gasteiger partial charge in [-0.15, -0.1) is 0 Å². The quantitative estimate of drug-likeness (QED) is 0.370. The Morgan fingerprint density at radius 3 is 2.26 bits per heavy atom. The predicted octanol–water partition coefficient (Wildman–Crippen LogP) is 3.85. The summed E-state index contributed by atoms with van der Waals surface area (Å²) < 4.78 is 2.96. The van der Waals surface area contributed by atoms with Gasteiger partial charge < -0.3 is 5.11 Å². The Morgan fingerprint density at radius 2 is 1.69 bits per heavy atom. The second kappa shape index (κ2) is 9.66. The van der Waals surface area contributed by atoms with Crippen molar-refractivity contribution in [3.63, 3.8) is 0 Å². The molecule has 182 valence electrons. The van der Waals surface area contributed by atoms with Crippen molar-refractivity contribution in [1.29, 1.82) is 0 Å². The molecule has 0 atom stereocenters. The number of carbonyl (C=O) groups excluding carboxylic acids is 2. The zero-order valence-corrected chi connectivity index (χ0v) is 21.4. The SMILES string of the molecule is CCCc1nn(-c2ccc(Cl)cc2)c([O-])c1C1=C([n+]2cc(C)cc(C)c2)C(=O)N(CC(C)C)C1=O. The van der Waals surface area contributed by atoms with Crippen LogP contribution in [0.1, 0.15) is 49.6 Å². The smallest absolute Gasteiger partial charge is 0.326 e. The molecule has 1 aliphatic rings. The van der Waals surface area contributed by atoms with Gasteiger partial charge in [0.2, 0.25) is 0 Å². The lowest BCUT2D eigenvalue weighted by Gasteiger charge is -2.17. The summed E-state index contributed by atoms with van der Waals surface area (Å²) in [5.41, 5.74) is 3.40. The number of aromatic nitrogens is 3. The molecule has 7 nitrogen and oxygen atoms in total. The number of rotatable bonds is 7. The Kier molecular flexibility index (Phi) is 6.81. The summed E-state index contributed by atoms with van der Waals surface area (Å²) in [7, 11) is 0. The van der Waals surface area contributed by atoms with E-state index < -0.39 is 17.7 Å². The van der Waals surface area contributed by atoms with Gasteiger partial charge in [-0.05, 0) is 62.4 Å². The maximum Gasteiger partial charge on any atom is 0.326 e. The first-order valence-corrected chi connectivity index (χ1v) is 12.2. The maximum atomic E-state index is 13.8. The summed E-state index contributed by atoms with van der Waals surface area (Å²) in [6.07, 6.45) is 4.83. The van der Waals surface area contributed by atoms with Crippen LogP contribution in [0.15, 0.2) is 42.7 Å². The first-order chi connectivity index (χ1) is 16.6. The lowest BCUT2D eigenvalue weighted by atomic mass is 10.0. The van der Waals surface area contributed by atoms with Crippen molar-refractivity contribution in [2.45, 2.75) is 47.5 Å². The largest absolute Gasteiger partial charge is 0.858 e. The number of hydrogen-bond donors (Lipinski definition) is 0. The standard InChI is InChI=1S/C27H29ClN4O3/c1-6-7-21-22(26(34)32(29-21)20-10-8-19(28)9-11-20)23-24(30-14-17(4)12-18(5)15-30)27(35)31(25(23)33)13-16(2)3/h8-12,14-16H,6-7,13H2,1-5H3. The van der Waals surface area contributed by atoms with E-state index >= 15 is 0 Å². The van der Waals surface area contributed by atoms with Crippen LogP contribution >= 0.6 is 11.6 Å². The van der Waals surface area contributed by atoms with Crippen molar-refractivity contribution in [3.05, 3.63) is 70.1 Å². The van der Waals surface area contributed by atoms with Crippen LogP contribution < -0.4 is 9.67 Å². The third kappa shape index (κ3) is 4.60.